The highest BCUT2D eigenvalue weighted by atomic mass is 32.1. The van der Waals surface area contributed by atoms with Crippen LogP contribution in [0.1, 0.15) is 33.2 Å². The van der Waals surface area contributed by atoms with Crippen molar-refractivity contribution in [2.75, 3.05) is 32.1 Å². The Hall–Kier alpha value is -2.57. The van der Waals surface area contributed by atoms with E-state index in [0.717, 1.165) is 16.8 Å². The van der Waals surface area contributed by atoms with Crippen LogP contribution < -0.4 is 4.90 Å². The van der Waals surface area contributed by atoms with Gasteiger partial charge in [0.25, 0.3) is 5.91 Å². The van der Waals surface area contributed by atoms with Gasteiger partial charge in [0.05, 0.1) is 10.2 Å². The number of hydrogen-bond donors (Lipinski definition) is 0. The summed E-state index contributed by atoms with van der Waals surface area (Å²) in [6.07, 6.45) is 0. The number of amides is 1. The first kappa shape index (κ1) is 19.2. The molecule has 0 aliphatic rings. The molecule has 1 aromatic heterocycles. The summed E-state index contributed by atoms with van der Waals surface area (Å²) in [6.45, 7) is 4.83. The van der Waals surface area contributed by atoms with E-state index in [4.69, 9.17) is 0 Å². The highest BCUT2D eigenvalue weighted by molar-refractivity contribution is 7.22. The summed E-state index contributed by atoms with van der Waals surface area (Å²) >= 11 is 1.52. The van der Waals surface area contributed by atoms with Crippen LogP contribution in [-0.2, 0) is 0 Å². The Morgan fingerprint density at radius 3 is 2.30 bits per heavy atom. The highest BCUT2D eigenvalue weighted by Crippen LogP contribution is 2.30. The maximum atomic E-state index is 13.2. The number of nitrogens with zero attached hydrogens (tertiary/aromatic N) is 3. The average molecular weight is 382 g/mol. The van der Waals surface area contributed by atoms with Crippen molar-refractivity contribution in [2.24, 2.45) is 0 Å². The predicted octanol–water partition coefficient (Wildman–Crippen LogP) is 4.02. The van der Waals surface area contributed by atoms with Crippen LogP contribution in [0.15, 0.2) is 42.5 Å². The van der Waals surface area contributed by atoms with Crippen LogP contribution in [0.2, 0.25) is 0 Å². The highest BCUT2D eigenvalue weighted by Gasteiger charge is 2.21. The van der Waals surface area contributed by atoms with Crippen LogP contribution >= 0.6 is 11.3 Å². The first-order valence-corrected chi connectivity index (χ1v) is 9.61. The van der Waals surface area contributed by atoms with Crippen molar-refractivity contribution in [1.82, 2.24) is 9.88 Å². The largest absolute Gasteiger partial charge is 0.308 e. The SMILES string of the molecule is CC(=O)c1ccc(C(=O)N(CCN(C)C)c2nc3ccc(C)cc3s2)cc1. The number of benzene rings is 2. The summed E-state index contributed by atoms with van der Waals surface area (Å²) in [4.78, 5) is 33.1. The molecule has 1 amide bonds. The maximum Gasteiger partial charge on any atom is 0.260 e. The Labute approximate surface area is 163 Å². The Balaban J connectivity index is 1.95. The van der Waals surface area contributed by atoms with Gasteiger partial charge in [0.1, 0.15) is 0 Å². The van der Waals surface area contributed by atoms with Crippen molar-refractivity contribution in [1.29, 1.82) is 0 Å². The summed E-state index contributed by atoms with van der Waals surface area (Å²) in [5, 5.41) is 0.693. The fraction of sp³-hybridized carbons (Fsp3) is 0.286. The molecule has 0 radical (unpaired) electrons. The number of fused-ring (bicyclic) bond motifs is 1. The fourth-order valence-corrected chi connectivity index (χ4v) is 3.81. The van der Waals surface area contributed by atoms with E-state index in [0.29, 0.717) is 22.8 Å². The zero-order chi connectivity index (χ0) is 19.6. The first-order valence-electron chi connectivity index (χ1n) is 8.80. The molecule has 3 aromatic rings. The van der Waals surface area contributed by atoms with E-state index < -0.39 is 0 Å². The lowest BCUT2D eigenvalue weighted by atomic mass is 10.1. The van der Waals surface area contributed by atoms with Crippen LogP contribution in [-0.4, -0.2) is 48.8 Å². The predicted molar refractivity (Wildman–Crippen MR) is 111 cm³/mol. The van der Waals surface area contributed by atoms with Gasteiger partial charge in [-0.25, -0.2) is 4.98 Å². The molecule has 1 heterocycles. The quantitative estimate of drug-likeness (QED) is 0.605. The average Bonchev–Trinajstić information content (AvgIpc) is 3.04. The molecule has 3 rings (SSSR count). The van der Waals surface area contributed by atoms with Gasteiger partial charge in [-0.1, -0.05) is 29.5 Å². The number of thiazole rings is 1. The number of carbonyl (C=O) groups is 2. The molecule has 5 nitrogen and oxygen atoms in total. The van der Waals surface area contributed by atoms with Crippen molar-refractivity contribution >= 4 is 38.4 Å². The van der Waals surface area contributed by atoms with E-state index >= 15 is 0 Å². The number of ketones is 1. The number of anilines is 1. The molecule has 0 saturated heterocycles. The van der Waals surface area contributed by atoms with Gasteiger partial charge in [-0.05, 0) is 57.8 Å². The zero-order valence-corrected chi connectivity index (χ0v) is 16.8. The molecule has 0 aliphatic carbocycles. The molecule has 0 unspecified atom stereocenters. The monoisotopic (exact) mass is 381 g/mol. The summed E-state index contributed by atoms with van der Waals surface area (Å²) < 4.78 is 1.07. The second-order valence-corrected chi connectivity index (χ2v) is 7.87. The molecule has 140 valence electrons. The Bertz CT molecular complexity index is 977. The molecular formula is C21H23N3O2S. The topological polar surface area (TPSA) is 53.5 Å². The molecule has 0 aliphatic heterocycles. The third-order valence-corrected chi connectivity index (χ3v) is 5.36. The molecule has 6 heteroatoms. The van der Waals surface area contributed by atoms with Gasteiger partial charge in [-0.3, -0.25) is 14.5 Å². The smallest absolute Gasteiger partial charge is 0.260 e. The zero-order valence-electron chi connectivity index (χ0n) is 16.0. The van der Waals surface area contributed by atoms with Gasteiger partial charge >= 0.3 is 0 Å². The molecule has 27 heavy (non-hydrogen) atoms. The summed E-state index contributed by atoms with van der Waals surface area (Å²) in [5.74, 6) is -0.122. The van der Waals surface area contributed by atoms with Crippen LogP contribution in [0.25, 0.3) is 10.2 Å². The third-order valence-electron chi connectivity index (χ3n) is 4.32. The molecule has 0 saturated carbocycles. The number of hydrogen-bond acceptors (Lipinski definition) is 5. The van der Waals surface area contributed by atoms with Crippen molar-refractivity contribution in [3.8, 4) is 0 Å². The van der Waals surface area contributed by atoms with Crippen molar-refractivity contribution in [3.63, 3.8) is 0 Å². The molecule has 0 fully saturated rings. The second-order valence-electron chi connectivity index (χ2n) is 6.86. The van der Waals surface area contributed by atoms with E-state index in [1.165, 1.54) is 23.8 Å². The van der Waals surface area contributed by atoms with Gasteiger partial charge in [0.2, 0.25) is 0 Å². The Morgan fingerprint density at radius 2 is 1.67 bits per heavy atom. The molecular weight excluding hydrogens is 358 g/mol. The second kappa shape index (κ2) is 7.98. The summed E-state index contributed by atoms with van der Waals surface area (Å²) in [7, 11) is 3.96. The van der Waals surface area contributed by atoms with Gasteiger partial charge in [0.15, 0.2) is 10.9 Å². The van der Waals surface area contributed by atoms with Crippen LogP contribution in [0.4, 0.5) is 5.13 Å². The Morgan fingerprint density at radius 1 is 1.00 bits per heavy atom. The normalized spacial score (nSPS) is 11.1. The number of aryl methyl sites for hydroxylation is 1. The third kappa shape index (κ3) is 4.40. The summed E-state index contributed by atoms with van der Waals surface area (Å²) in [5.41, 5.74) is 3.22. The van der Waals surface area contributed by atoms with Gasteiger partial charge in [-0.2, -0.15) is 0 Å². The van der Waals surface area contributed by atoms with E-state index in [2.05, 4.69) is 11.1 Å². The number of rotatable bonds is 6. The number of Topliss-reactive ketones (excluding diaryl/α,β-unsaturated/α-hetero) is 1. The van der Waals surface area contributed by atoms with Crippen molar-refractivity contribution in [2.45, 2.75) is 13.8 Å². The lowest BCUT2D eigenvalue weighted by Crippen LogP contribution is -2.36. The minimum absolute atomic E-state index is 0.0139. The van der Waals surface area contributed by atoms with Gasteiger partial charge < -0.3 is 4.90 Å². The van der Waals surface area contributed by atoms with Crippen LogP contribution in [0, 0.1) is 6.92 Å². The van der Waals surface area contributed by atoms with Gasteiger partial charge in [0, 0.05) is 24.2 Å². The van der Waals surface area contributed by atoms with Crippen molar-refractivity contribution in [3.05, 3.63) is 59.2 Å². The van der Waals surface area contributed by atoms with Gasteiger partial charge in [-0.15, -0.1) is 0 Å². The van der Waals surface area contributed by atoms with E-state index in [1.54, 1.807) is 29.2 Å². The molecule has 0 spiro atoms. The minimum atomic E-state index is -0.109. The maximum absolute atomic E-state index is 13.2. The van der Waals surface area contributed by atoms with E-state index in [1.807, 2.05) is 38.1 Å². The van der Waals surface area contributed by atoms with Crippen LogP contribution in [0.3, 0.4) is 0 Å². The number of likely N-dealkylation sites (N-methyl/N-ethyl adjacent to an activating group) is 1. The molecule has 0 N–H and O–H groups in total. The minimum Gasteiger partial charge on any atom is -0.308 e. The van der Waals surface area contributed by atoms with Crippen molar-refractivity contribution < 1.29 is 9.59 Å². The lowest BCUT2D eigenvalue weighted by Gasteiger charge is -2.22. The number of aromatic nitrogens is 1. The van der Waals surface area contributed by atoms with E-state index in [-0.39, 0.29) is 11.7 Å². The molecule has 2 aromatic carbocycles. The fourth-order valence-electron chi connectivity index (χ4n) is 2.72. The molecule has 0 atom stereocenters. The first-order chi connectivity index (χ1) is 12.8. The lowest BCUT2D eigenvalue weighted by molar-refractivity contribution is 0.0981. The standard InChI is InChI=1S/C21H23N3O2S/c1-14-5-10-18-19(13-14)27-21(22-18)24(12-11-23(3)4)20(26)17-8-6-16(7-9-17)15(2)25/h5-10,13H,11-12H2,1-4H3. The Kier molecular flexibility index (Phi) is 5.68. The van der Waals surface area contributed by atoms with Crippen LogP contribution in [0.5, 0.6) is 0 Å². The molecule has 0 bridgehead atoms. The summed E-state index contributed by atoms with van der Waals surface area (Å²) in [6, 6.07) is 12.9. The number of carbonyl (C=O) groups excluding carboxylic acids is 2. The van der Waals surface area contributed by atoms with E-state index in [9.17, 15) is 9.59 Å².